The summed E-state index contributed by atoms with van der Waals surface area (Å²) in [6.07, 6.45) is 18.7. The standard InChI is InChI=1S/C26H42N2O5/c1-3-5-6-7-8-9-10-15-21-32-25(30)23-17-12-13-18-27(23)24(29)22-16-11-14-19-28(22)26(31)33-20-4-2/h2,22-23H,3,5-21H2,1H3. The fraction of sp³-hybridized carbons (Fsp3) is 0.808. The highest BCUT2D eigenvalue weighted by Crippen LogP contribution is 2.25. The van der Waals surface area contributed by atoms with Gasteiger partial charge in [-0.15, -0.1) is 6.42 Å². The number of piperidine rings is 2. The average Bonchev–Trinajstić information content (AvgIpc) is 2.85. The van der Waals surface area contributed by atoms with E-state index in [2.05, 4.69) is 12.8 Å². The van der Waals surface area contributed by atoms with Gasteiger partial charge in [0.15, 0.2) is 6.61 Å². The second kappa shape index (κ2) is 15.6. The maximum absolute atomic E-state index is 13.4. The summed E-state index contributed by atoms with van der Waals surface area (Å²) in [5.41, 5.74) is 0. The van der Waals surface area contributed by atoms with E-state index >= 15 is 0 Å². The van der Waals surface area contributed by atoms with Gasteiger partial charge in [0.25, 0.3) is 0 Å². The summed E-state index contributed by atoms with van der Waals surface area (Å²) >= 11 is 0. The van der Waals surface area contributed by atoms with Crippen LogP contribution in [0.5, 0.6) is 0 Å². The Morgan fingerprint density at radius 3 is 2.09 bits per heavy atom. The van der Waals surface area contributed by atoms with Gasteiger partial charge in [0, 0.05) is 13.1 Å². The Kier molecular flexibility index (Phi) is 12.8. The Morgan fingerprint density at radius 1 is 0.818 bits per heavy atom. The molecule has 0 aromatic heterocycles. The molecule has 0 spiro atoms. The molecule has 2 heterocycles. The second-order valence-corrected chi connectivity index (χ2v) is 9.15. The van der Waals surface area contributed by atoms with E-state index in [1.54, 1.807) is 4.90 Å². The molecule has 0 radical (unpaired) electrons. The van der Waals surface area contributed by atoms with Gasteiger partial charge in [-0.05, 0) is 44.9 Å². The molecule has 0 saturated carbocycles. The lowest BCUT2D eigenvalue weighted by atomic mass is 9.97. The number of hydrogen-bond acceptors (Lipinski definition) is 5. The van der Waals surface area contributed by atoms with Crippen LogP contribution in [-0.2, 0) is 19.1 Å². The highest BCUT2D eigenvalue weighted by atomic mass is 16.6. The molecule has 186 valence electrons. The lowest BCUT2D eigenvalue weighted by Crippen LogP contribution is -2.58. The van der Waals surface area contributed by atoms with Gasteiger partial charge in [0.1, 0.15) is 12.1 Å². The first kappa shape index (κ1) is 27.0. The van der Waals surface area contributed by atoms with E-state index in [1.807, 2.05) is 0 Å². The van der Waals surface area contributed by atoms with Crippen LogP contribution in [0.3, 0.4) is 0 Å². The molecule has 7 nitrogen and oxygen atoms in total. The van der Waals surface area contributed by atoms with Crippen LogP contribution in [0.2, 0.25) is 0 Å². The zero-order chi connectivity index (χ0) is 23.9. The maximum atomic E-state index is 13.4. The Bertz CT molecular complexity index is 660. The van der Waals surface area contributed by atoms with E-state index < -0.39 is 18.2 Å². The number of unbranched alkanes of at least 4 members (excludes halogenated alkanes) is 7. The molecule has 7 heteroatoms. The van der Waals surface area contributed by atoms with Crippen LogP contribution in [-0.4, -0.2) is 66.2 Å². The number of rotatable bonds is 12. The largest absolute Gasteiger partial charge is 0.464 e. The van der Waals surface area contributed by atoms with E-state index in [0.29, 0.717) is 32.5 Å². The van der Waals surface area contributed by atoms with Gasteiger partial charge in [0.05, 0.1) is 6.61 Å². The molecular weight excluding hydrogens is 420 g/mol. The molecule has 0 bridgehead atoms. The van der Waals surface area contributed by atoms with Gasteiger partial charge in [-0.3, -0.25) is 9.69 Å². The Morgan fingerprint density at radius 2 is 1.42 bits per heavy atom. The maximum Gasteiger partial charge on any atom is 0.411 e. The first-order valence-corrected chi connectivity index (χ1v) is 12.9. The summed E-state index contributed by atoms with van der Waals surface area (Å²) in [6.45, 7) is 3.48. The van der Waals surface area contributed by atoms with Crippen LogP contribution < -0.4 is 0 Å². The first-order chi connectivity index (χ1) is 16.1. The molecule has 0 N–H and O–H groups in total. The van der Waals surface area contributed by atoms with Gasteiger partial charge in [-0.2, -0.15) is 0 Å². The molecule has 0 aromatic carbocycles. The number of hydrogen-bond donors (Lipinski definition) is 0. The number of terminal acetylenes is 1. The molecule has 0 aromatic rings. The van der Waals surface area contributed by atoms with E-state index in [-0.39, 0.29) is 18.5 Å². The quantitative estimate of drug-likeness (QED) is 0.239. The predicted octanol–water partition coefficient (Wildman–Crippen LogP) is 4.68. The summed E-state index contributed by atoms with van der Waals surface area (Å²) in [4.78, 5) is 41.8. The Balaban J connectivity index is 1.83. The molecule has 2 aliphatic heterocycles. The fourth-order valence-electron chi connectivity index (χ4n) is 4.73. The third kappa shape index (κ3) is 8.91. The molecule has 0 aliphatic carbocycles. The Labute approximate surface area is 199 Å². The van der Waals surface area contributed by atoms with Crippen molar-refractivity contribution in [3.63, 3.8) is 0 Å². The Hall–Kier alpha value is -2.23. The minimum absolute atomic E-state index is 0.117. The highest BCUT2D eigenvalue weighted by Gasteiger charge is 2.41. The van der Waals surface area contributed by atoms with Crippen LogP contribution in [0.1, 0.15) is 96.8 Å². The van der Waals surface area contributed by atoms with Crippen molar-refractivity contribution in [2.24, 2.45) is 0 Å². The zero-order valence-electron chi connectivity index (χ0n) is 20.4. The van der Waals surface area contributed by atoms with Crippen molar-refractivity contribution in [2.45, 2.75) is 109 Å². The lowest BCUT2D eigenvalue weighted by molar-refractivity contribution is -0.159. The van der Waals surface area contributed by atoms with Crippen molar-refractivity contribution in [1.29, 1.82) is 0 Å². The average molecular weight is 463 g/mol. The molecule has 2 atom stereocenters. The number of carbonyl (C=O) groups excluding carboxylic acids is 3. The summed E-state index contributed by atoms with van der Waals surface area (Å²) < 4.78 is 10.6. The van der Waals surface area contributed by atoms with Crippen LogP contribution in [0.25, 0.3) is 0 Å². The van der Waals surface area contributed by atoms with Crippen molar-refractivity contribution in [2.75, 3.05) is 26.3 Å². The predicted molar refractivity (Wildman–Crippen MR) is 127 cm³/mol. The van der Waals surface area contributed by atoms with Crippen molar-refractivity contribution in [3.8, 4) is 12.3 Å². The van der Waals surface area contributed by atoms with Crippen molar-refractivity contribution >= 4 is 18.0 Å². The van der Waals surface area contributed by atoms with Gasteiger partial charge in [-0.25, -0.2) is 9.59 Å². The van der Waals surface area contributed by atoms with Crippen LogP contribution in [0, 0.1) is 12.3 Å². The number of esters is 1. The van der Waals surface area contributed by atoms with Crippen LogP contribution in [0.4, 0.5) is 4.79 Å². The second-order valence-electron chi connectivity index (χ2n) is 9.15. The van der Waals surface area contributed by atoms with Crippen molar-refractivity contribution in [3.05, 3.63) is 0 Å². The monoisotopic (exact) mass is 462 g/mol. The van der Waals surface area contributed by atoms with Gasteiger partial charge < -0.3 is 14.4 Å². The molecule has 2 saturated heterocycles. The number of nitrogens with zero attached hydrogens (tertiary/aromatic N) is 2. The molecule has 2 unspecified atom stereocenters. The number of carbonyl (C=O) groups is 3. The van der Waals surface area contributed by atoms with Crippen molar-refractivity contribution in [1.82, 2.24) is 9.80 Å². The molecular formula is C26H42N2O5. The number of ether oxygens (including phenoxy) is 2. The first-order valence-electron chi connectivity index (χ1n) is 12.9. The van der Waals surface area contributed by atoms with E-state index in [0.717, 1.165) is 38.5 Å². The summed E-state index contributed by atoms with van der Waals surface area (Å²) in [5, 5.41) is 0. The van der Waals surface area contributed by atoms with Gasteiger partial charge in [-0.1, -0.05) is 57.8 Å². The van der Waals surface area contributed by atoms with Crippen LogP contribution >= 0.6 is 0 Å². The third-order valence-corrected chi connectivity index (χ3v) is 6.60. The van der Waals surface area contributed by atoms with Crippen LogP contribution in [0.15, 0.2) is 0 Å². The molecule has 2 aliphatic rings. The lowest BCUT2D eigenvalue weighted by Gasteiger charge is -2.40. The van der Waals surface area contributed by atoms with Crippen molar-refractivity contribution < 1.29 is 23.9 Å². The minimum Gasteiger partial charge on any atom is -0.464 e. The van der Waals surface area contributed by atoms with E-state index in [9.17, 15) is 14.4 Å². The fourth-order valence-corrected chi connectivity index (χ4v) is 4.73. The number of likely N-dealkylation sites (tertiary alicyclic amines) is 2. The summed E-state index contributed by atoms with van der Waals surface area (Å²) in [7, 11) is 0. The SMILES string of the molecule is C#CCOC(=O)N1CCCCC1C(=O)N1CCCCC1C(=O)OCCCCCCCCCC. The summed E-state index contributed by atoms with van der Waals surface area (Å²) in [5.74, 6) is 1.79. The molecule has 33 heavy (non-hydrogen) atoms. The summed E-state index contributed by atoms with van der Waals surface area (Å²) in [6, 6.07) is -1.17. The van der Waals surface area contributed by atoms with E-state index in [4.69, 9.17) is 15.9 Å². The minimum atomic E-state index is -0.606. The smallest absolute Gasteiger partial charge is 0.411 e. The molecule has 2 amide bonds. The topological polar surface area (TPSA) is 76.2 Å². The van der Waals surface area contributed by atoms with Gasteiger partial charge >= 0.3 is 12.1 Å². The zero-order valence-corrected chi connectivity index (χ0v) is 20.4. The van der Waals surface area contributed by atoms with E-state index in [1.165, 1.54) is 43.4 Å². The third-order valence-electron chi connectivity index (χ3n) is 6.60. The normalized spacial score (nSPS) is 20.7. The highest BCUT2D eigenvalue weighted by molar-refractivity contribution is 5.90. The molecule has 2 fully saturated rings. The molecule has 2 rings (SSSR count). The van der Waals surface area contributed by atoms with Gasteiger partial charge in [0.2, 0.25) is 5.91 Å². The number of amides is 2.